The average Bonchev–Trinajstić information content (AvgIpc) is 2.42. The maximum absolute atomic E-state index is 5.80. The van der Waals surface area contributed by atoms with Gasteiger partial charge in [-0.3, -0.25) is 4.98 Å². The molecule has 0 aliphatic heterocycles. The first-order valence-corrected chi connectivity index (χ1v) is 6.62. The van der Waals surface area contributed by atoms with Crippen LogP contribution in [-0.2, 0) is 4.74 Å². The molecule has 1 N–H and O–H groups in total. The molecule has 0 aliphatic carbocycles. The monoisotopic (exact) mass is 252 g/mol. The van der Waals surface area contributed by atoms with Gasteiger partial charge in [-0.25, -0.2) is 0 Å². The SMILES string of the molecule is CCNC(c1ncccc1OC)C(CC)OCC. The van der Waals surface area contributed by atoms with Crippen molar-refractivity contribution in [3.8, 4) is 5.75 Å². The second-order valence-corrected chi connectivity index (χ2v) is 4.03. The van der Waals surface area contributed by atoms with Crippen molar-refractivity contribution in [1.29, 1.82) is 0 Å². The molecule has 0 aliphatic rings. The normalized spacial score (nSPS) is 14.2. The van der Waals surface area contributed by atoms with Crippen LogP contribution in [0.2, 0.25) is 0 Å². The van der Waals surface area contributed by atoms with E-state index < -0.39 is 0 Å². The minimum Gasteiger partial charge on any atom is -0.495 e. The van der Waals surface area contributed by atoms with Gasteiger partial charge in [-0.2, -0.15) is 0 Å². The lowest BCUT2D eigenvalue weighted by Crippen LogP contribution is -2.34. The summed E-state index contributed by atoms with van der Waals surface area (Å²) in [5.74, 6) is 0.807. The van der Waals surface area contributed by atoms with Gasteiger partial charge < -0.3 is 14.8 Å². The summed E-state index contributed by atoms with van der Waals surface area (Å²) in [5.41, 5.74) is 0.919. The van der Waals surface area contributed by atoms with Gasteiger partial charge in [0.05, 0.1) is 19.3 Å². The quantitative estimate of drug-likeness (QED) is 0.772. The molecule has 1 rings (SSSR count). The number of methoxy groups -OCH3 is 1. The van der Waals surface area contributed by atoms with Crippen LogP contribution < -0.4 is 10.1 Å². The Labute approximate surface area is 110 Å². The van der Waals surface area contributed by atoms with Gasteiger partial charge in [0.1, 0.15) is 11.4 Å². The third-order valence-corrected chi connectivity index (χ3v) is 2.89. The van der Waals surface area contributed by atoms with E-state index in [2.05, 4.69) is 24.1 Å². The largest absolute Gasteiger partial charge is 0.495 e. The van der Waals surface area contributed by atoms with Gasteiger partial charge in [-0.05, 0) is 32.0 Å². The highest BCUT2D eigenvalue weighted by atomic mass is 16.5. The zero-order valence-electron chi connectivity index (χ0n) is 11.8. The van der Waals surface area contributed by atoms with Crippen molar-refractivity contribution in [2.45, 2.75) is 39.3 Å². The van der Waals surface area contributed by atoms with E-state index in [0.29, 0.717) is 6.61 Å². The van der Waals surface area contributed by atoms with Crippen LogP contribution in [0.3, 0.4) is 0 Å². The van der Waals surface area contributed by atoms with Crippen LogP contribution in [0.4, 0.5) is 0 Å². The second kappa shape index (κ2) is 8.06. The summed E-state index contributed by atoms with van der Waals surface area (Å²) >= 11 is 0. The summed E-state index contributed by atoms with van der Waals surface area (Å²) in [7, 11) is 1.67. The fourth-order valence-corrected chi connectivity index (χ4v) is 2.10. The van der Waals surface area contributed by atoms with E-state index in [1.807, 2.05) is 19.1 Å². The maximum atomic E-state index is 5.80. The highest BCUT2D eigenvalue weighted by Crippen LogP contribution is 2.27. The lowest BCUT2D eigenvalue weighted by atomic mass is 10.0. The number of ether oxygens (including phenoxy) is 2. The molecule has 0 saturated heterocycles. The summed E-state index contributed by atoms with van der Waals surface area (Å²) in [6, 6.07) is 3.88. The number of hydrogen-bond donors (Lipinski definition) is 1. The van der Waals surface area contributed by atoms with Crippen molar-refractivity contribution in [1.82, 2.24) is 10.3 Å². The number of aromatic nitrogens is 1. The summed E-state index contributed by atoms with van der Waals surface area (Å²) < 4.78 is 11.2. The first-order valence-electron chi connectivity index (χ1n) is 6.62. The zero-order chi connectivity index (χ0) is 13.4. The Hall–Kier alpha value is -1.13. The highest BCUT2D eigenvalue weighted by molar-refractivity contribution is 5.30. The topological polar surface area (TPSA) is 43.4 Å². The fourth-order valence-electron chi connectivity index (χ4n) is 2.10. The van der Waals surface area contributed by atoms with E-state index in [1.165, 1.54) is 0 Å². The molecular weight excluding hydrogens is 228 g/mol. The Morgan fingerprint density at radius 2 is 2.11 bits per heavy atom. The van der Waals surface area contributed by atoms with Crippen LogP contribution in [0.25, 0.3) is 0 Å². The molecule has 0 amide bonds. The molecule has 1 heterocycles. The minimum absolute atomic E-state index is 0.0658. The third-order valence-electron chi connectivity index (χ3n) is 2.89. The first kappa shape index (κ1) is 14.9. The number of rotatable bonds is 8. The van der Waals surface area contributed by atoms with Crippen molar-refractivity contribution >= 4 is 0 Å². The van der Waals surface area contributed by atoms with E-state index in [0.717, 1.165) is 24.4 Å². The average molecular weight is 252 g/mol. The molecule has 1 aromatic heterocycles. The molecule has 0 radical (unpaired) electrons. The number of pyridine rings is 1. The molecule has 2 atom stereocenters. The molecule has 2 unspecified atom stereocenters. The number of hydrogen-bond acceptors (Lipinski definition) is 4. The Bertz CT molecular complexity index is 344. The van der Waals surface area contributed by atoms with Crippen LogP contribution in [0.1, 0.15) is 38.9 Å². The predicted octanol–water partition coefficient (Wildman–Crippen LogP) is 2.56. The number of nitrogens with zero attached hydrogens (tertiary/aromatic N) is 1. The van der Waals surface area contributed by atoms with Crippen molar-refractivity contribution in [2.75, 3.05) is 20.3 Å². The molecule has 4 heteroatoms. The van der Waals surface area contributed by atoms with Crippen molar-refractivity contribution in [3.63, 3.8) is 0 Å². The molecule has 102 valence electrons. The van der Waals surface area contributed by atoms with Crippen LogP contribution in [0.5, 0.6) is 5.75 Å². The van der Waals surface area contributed by atoms with E-state index in [4.69, 9.17) is 9.47 Å². The Morgan fingerprint density at radius 3 is 2.67 bits per heavy atom. The number of nitrogens with one attached hydrogen (secondary N) is 1. The molecule has 0 aromatic carbocycles. The van der Waals surface area contributed by atoms with Gasteiger partial charge in [0, 0.05) is 12.8 Å². The Morgan fingerprint density at radius 1 is 1.33 bits per heavy atom. The molecule has 4 nitrogen and oxygen atoms in total. The van der Waals surface area contributed by atoms with Crippen molar-refractivity contribution in [2.24, 2.45) is 0 Å². The fraction of sp³-hybridized carbons (Fsp3) is 0.643. The molecule has 1 aromatic rings. The Balaban J connectivity index is 3.01. The van der Waals surface area contributed by atoms with Gasteiger partial charge in [0.2, 0.25) is 0 Å². The van der Waals surface area contributed by atoms with E-state index in [1.54, 1.807) is 13.3 Å². The predicted molar refractivity (Wildman–Crippen MR) is 72.9 cm³/mol. The van der Waals surface area contributed by atoms with E-state index >= 15 is 0 Å². The molecule has 18 heavy (non-hydrogen) atoms. The summed E-state index contributed by atoms with van der Waals surface area (Å²) in [5, 5.41) is 3.44. The standard InChI is InChI=1S/C14H24N2O2/c1-5-11(18-7-3)13(15-6-2)14-12(17-4)9-8-10-16-14/h8-11,13,15H,5-7H2,1-4H3. The lowest BCUT2D eigenvalue weighted by Gasteiger charge is -2.27. The maximum Gasteiger partial charge on any atom is 0.142 e. The van der Waals surface area contributed by atoms with Gasteiger partial charge in [-0.1, -0.05) is 13.8 Å². The lowest BCUT2D eigenvalue weighted by molar-refractivity contribution is 0.0301. The van der Waals surface area contributed by atoms with Crippen molar-refractivity contribution < 1.29 is 9.47 Å². The van der Waals surface area contributed by atoms with Gasteiger partial charge in [0.15, 0.2) is 0 Å². The molecule has 0 saturated carbocycles. The van der Waals surface area contributed by atoms with Crippen LogP contribution >= 0.6 is 0 Å². The smallest absolute Gasteiger partial charge is 0.142 e. The van der Waals surface area contributed by atoms with Gasteiger partial charge in [0.25, 0.3) is 0 Å². The van der Waals surface area contributed by atoms with Crippen LogP contribution in [-0.4, -0.2) is 31.3 Å². The Kier molecular flexibility index (Phi) is 6.68. The molecule has 0 spiro atoms. The van der Waals surface area contributed by atoms with Gasteiger partial charge >= 0.3 is 0 Å². The van der Waals surface area contributed by atoms with E-state index in [9.17, 15) is 0 Å². The van der Waals surface area contributed by atoms with Crippen LogP contribution in [0.15, 0.2) is 18.3 Å². The van der Waals surface area contributed by atoms with Crippen LogP contribution in [0, 0.1) is 0 Å². The number of likely N-dealkylation sites (N-methyl/N-ethyl adjacent to an activating group) is 1. The van der Waals surface area contributed by atoms with Gasteiger partial charge in [-0.15, -0.1) is 0 Å². The summed E-state index contributed by atoms with van der Waals surface area (Å²) in [6.07, 6.45) is 2.84. The second-order valence-electron chi connectivity index (χ2n) is 4.03. The summed E-state index contributed by atoms with van der Waals surface area (Å²) in [4.78, 5) is 4.45. The molecule has 0 fully saturated rings. The van der Waals surface area contributed by atoms with Crippen molar-refractivity contribution in [3.05, 3.63) is 24.0 Å². The minimum atomic E-state index is 0.0658. The van der Waals surface area contributed by atoms with E-state index in [-0.39, 0.29) is 12.1 Å². The highest BCUT2D eigenvalue weighted by Gasteiger charge is 2.25. The molecular formula is C14H24N2O2. The molecule has 0 bridgehead atoms. The zero-order valence-corrected chi connectivity index (χ0v) is 11.8. The third kappa shape index (κ3) is 3.68. The first-order chi connectivity index (χ1) is 8.78. The summed E-state index contributed by atoms with van der Waals surface area (Å²) in [6.45, 7) is 7.80.